The molecule has 4 aromatic rings. The number of ether oxygens (including phenoxy) is 1. The molecular formula is C26H20N4O3. The molecule has 0 aliphatic rings. The molecule has 0 fully saturated rings. The van der Waals surface area contributed by atoms with Crippen LogP contribution in [0.4, 0.5) is 0 Å². The van der Waals surface area contributed by atoms with E-state index in [-0.39, 0.29) is 12.3 Å². The fraction of sp³-hybridized carbons (Fsp3) is 0.154. The van der Waals surface area contributed by atoms with Crippen LogP contribution >= 0.6 is 0 Å². The van der Waals surface area contributed by atoms with Gasteiger partial charge in [-0.2, -0.15) is 5.26 Å². The van der Waals surface area contributed by atoms with E-state index in [1.807, 2.05) is 54.7 Å². The predicted octanol–water partition coefficient (Wildman–Crippen LogP) is 4.43. The van der Waals surface area contributed by atoms with Gasteiger partial charge >= 0.3 is 5.97 Å². The molecule has 162 valence electrons. The summed E-state index contributed by atoms with van der Waals surface area (Å²) in [5.41, 5.74) is 3.90. The third-order valence-corrected chi connectivity index (χ3v) is 5.05. The normalized spacial score (nSPS) is 11.3. The van der Waals surface area contributed by atoms with Crippen molar-refractivity contribution in [1.29, 1.82) is 5.26 Å². The number of hydrogen-bond acceptors (Lipinski definition) is 5. The van der Waals surface area contributed by atoms with E-state index < -0.39 is 5.97 Å². The first-order chi connectivity index (χ1) is 16.1. The van der Waals surface area contributed by atoms with Crippen LogP contribution in [0.3, 0.4) is 0 Å². The minimum Gasteiger partial charge on any atom is -0.489 e. The molecule has 0 bridgehead atoms. The second-order valence-electron chi connectivity index (χ2n) is 7.37. The molecular weight excluding hydrogens is 416 g/mol. The first-order valence-corrected chi connectivity index (χ1v) is 10.3. The van der Waals surface area contributed by atoms with Crippen LogP contribution in [-0.4, -0.2) is 25.7 Å². The molecule has 0 amide bonds. The van der Waals surface area contributed by atoms with Gasteiger partial charge in [-0.05, 0) is 55.0 Å². The first-order valence-electron chi connectivity index (χ1n) is 10.3. The molecule has 4 rings (SSSR count). The largest absolute Gasteiger partial charge is 0.489 e. The van der Waals surface area contributed by atoms with Gasteiger partial charge in [0.15, 0.2) is 11.5 Å². The Morgan fingerprint density at radius 2 is 1.88 bits per heavy atom. The van der Waals surface area contributed by atoms with E-state index in [1.54, 1.807) is 23.6 Å². The predicted molar refractivity (Wildman–Crippen MR) is 122 cm³/mol. The smallest absolute Gasteiger partial charge is 0.304 e. The Morgan fingerprint density at radius 1 is 1.12 bits per heavy atom. The average molecular weight is 436 g/mol. The summed E-state index contributed by atoms with van der Waals surface area (Å²) in [4.78, 5) is 15.6. The van der Waals surface area contributed by atoms with Crippen molar-refractivity contribution >= 4 is 11.6 Å². The molecule has 0 saturated carbocycles. The molecule has 2 heterocycles. The quantitative estimate of drug-likeness (QED) is 0.430. The molecule has 1 unspecified atom stereocenters. The molecule has 1 N–H and O–H groups in total. The highest BCUT2D eigenvalue weighted by Crippen LogP contribution is 2.23. The van der Waals surface area contributed by atoms with Gasteiger partial charge in [-0.15, -0.1) is 11.0 Å². The van der Waals surface area contributed by atoms with Gasteiger partial charge in [-0.1, -0.05) is 24.1 Å². The van der Waals surface area contributed by atoms with Crippen LogP contribution in [0.1, 0.15) is 36.0 Å². The Morgan fingerprint density at radius 3 is 2.55 bits per heavy atom. The number of carbonyl (C=O) groups is 1. The molecule has 33 heavy (non-hydrogen) atoms. The van der Waals surface area contributed by atoms with E-state index in [2.05, 4.69) is 28.0 Å². The molecule has 0 aliphatic carbocycles. The van der Waals surface area contributed by atoms with Crippen LogP contribution in [0.5, 0.6) is 5.75 Å². The molecule has 2 aromatic heterocycles. The number of aromatic nitrogens is 3. The van der Waals surface area contributed by atoms with E-state index in [0.717, 1.165) is 16.7 Å². The molecule has 7 nitrogen and oxygen atoms in total. The lowest BCUT2D eigenvalue weighted by atomic mass is 9.96. The van der Waals surface area contributed by atoms with Gasteiger partial charge in [0.2, 0.25) is 0 Å². The van der Waals surface area contributed by atoms with Gasteiger partial charge in [0.05, 0.1) is 24.0 Å². The molecule has 0 spiro atoms. The van der Waals surface area contributed by atoms with Crippen molar-refractivity contribution in [3.63, 3.8) is 0 Å². The highest BCUT2D eigenvalue weighted by molar-refractivity contribution is 5.69. The number of carboxylic acids is 1. The second-order valence-corrected chi connectivity index (χ2v) is 7.37. The first kappa shape index (κ1) is 21.6. The topological polar surface area (TPSA) is 101 Å². The number of fused-ring (bicyclic) bond motifs is 1. The molecule has 0 aliphatic heterocycles. The summed E-state index contributed by atoms with van der Waals surface area (Å²) in [5, 5.41) is 22.6. The number of pyridine rings is 1. The van der Waals surface area contributed by atoms with Gasteiger partial charge < -0.3 is 9.84 Å². The lowest BCUT2D eigenvalue weighted by Gasteiger charge is -2.11. The molecule has 7 heteroatoms. The summed E-state index contributed by atoms with van der Waals surface area (Å²) >= 11 is 0. The third kappa shape index (κ3) is 5.17. The second kappa shape index (κ2) is 9.67. The van der Waals surface area contributed by atoms with Crippen molar-refractivity contribution in [1.82, 2.24) is 14.6 Å². The Kier molecular flexibility index (Phi) is 6.33. The Labute approximate surface area is 190 Å². The fourth-order valence-corrected chi connectivity index (χ4v) is 3.39. The summed E-state index contributed by atoms with van der Waals surface area (Å²) < 4.78 is 7.59. The highest BCUT2D eigenvalue weighted by Gasteiger charge is 2.13. The zero-order valence-electron chi connectivity index (χ0n) is 17.9. The van der Waals surface area contributed by atoms with Crippen LogP contribution in [0.15, 0.2) is 66.9 Å². The van der Waals surface area contributed by atoms with Gasteiger partial charge in [0, 0.05) is 17.3 Å². The minimum atomic E-state index is -0.881. The van der Waals surface area contributed by atoms with Crippen molar-refractivity contribution in [3.8, 4) is 35.0 Å². The van der Waals surface area contributed by atoms with Crippen LogP contribution in [0, 0.1) is 23.2 Å². The standard InChI is InChI=1S/C26H20N4O3/c1-2-3-22(14-25(31)32)20-9-11-23(12-10-20)33-17-19-6-13-24-28-26(29-30(24)16-19)21-7-4-18(15-27)5-8-21/h4-13,16,22H,14,17H2,1H3,(H,31,32). The summed E-state index contributed by atoms with van der Waals surface area (Å²) in [5.74, 6) is 5.77. The van der Waals surface area contributed by atoms with Gasteiger partial charge in [0.1, 0.15) is 12.4 Å². The van der Waals surface area contributed by atoms with Crippen LogP contribution in [0.2, 0.25) is 0 Å². The van der Waals surface area contributed by atoms with E-state index in [9.17, 15) is 4.79 Å². The summed E-state index contributed by atoms with van der Waals surface area (Å²) in [6.45, 7) is 2.04. The van der Waals surface area contributed by atoms with Crippen LogP contribution in [-0.2, 0) is 11.4 Å². The minimum absolute atomic E-state index is 0.0383. The SMILES string of the molecule is CC#CC(CC(=O)O)c1ccc(OCc2ccc3nc(-c4ccc(C#N)cc4)nn3c2)cc1. The number of rotatable bonds is 7. The van der Waals surface area contributed by atoms with Crippen LogP contribution < -0.4 is 4.74 Å². The lowest BCUT2D eigenvalue weighted by molar-refractivity contribution is -0.137. The summed E-state index contributed by atoms with van der Waals surface area (Å²) in [6.07, 6.45) is 1.83. The molecule has 1 atom stereocenters. The highest BCUT2D eigenvalue weighted by atomic mass is 16.5. The summed E-state index contributed by atoms with van der Waals surface area (Å²) in [6, 6.07) is 20.4. The van der Waals surface area contributed by atoms with Crippen molar-refractivity contribution < 1.29 is 14.6 Å². The maximum Gasteiger partial charge on any atom is 0.304 e. The van der Waals surface area contributed by atoms with Crippen molar-refractivity contribution in [2.75, 3.05) is 0 Å². The van der Waals surface area contributed by atoms with Gasteiger partial charge in [0.25, 0.3) is 0 Å². The Balaban J connectivity index is 1.45. The number of aliphatic carboxylic acids is 1. The number of benzene rings is 2. The maximum atomic E-state index is 11.1. The third-order valence-electron chi connectivity index (χ3n) is 5.05. The van der Waals surface area contributed by atoms with E-state index in [1.165, 1.54) is 0 Å². The molecule has 2 aromatic carbocycles. The number of carboxylic acid groups (broad SMARTS) is 1. The molecule has 0 radical (unpaired) electrons. The monoisotopic (exact) mass is 436 g/mol. The number of nitriles is 1. The van der Waals surface area contributed by atoms with Crippen LogP contribution in [0.25, 0.3) is 17.0 Å². The van der Waals surface area contributed by atoms with Crippen molar-refractivity contribution in [2.24, 2.45) is 0 Å². The van der Waals surface area contributed by atoms with E-state index in [4.69, 9.17) is 15.1 Å². The zero-order chi connectivity index (χ0) is 23.2. The number of hydrogen-bond donors (Lipinski definition) is 1. The average Bonchev–Trinajstić information content (AvgIpc) is 3.26. The lowest BCUT2D eigenvalue weighted by Crippen LogP contribution is -2.04. The zero-order valence-corrected chi connectivity index (χ0v) is 17.9. The maximum absolute atomic E-state index is 11.1. The van der Waals surface area contributed by atoms with Crippen molar-refractivity contribution in [3.05, 3.63) is 83.6 Å². The Bertz CT molecular complexity index is 1390. The van der Waals surface area contributed by atoms with Gasteiger partial charge in [-0.3, -0.25) is 4.79 Å². The van der Waals surface area contributed by atoms with E-state index >= 15 is 0 Å². The molecule has 0 saturated heterocycles. The van der Waals surface area contributed by atoms with E-state index in [0.29, 0.717) is 29.4 Å². The van der Waals surface area contributed by atoms with Crippen molar-refractivity contribution in [2.45, 2.75) is 25.9 Å². The number of nitrogens with zero attached hydrogens (tertiary/aromatic N) is 4. The fourth-order valence-electron chi connectivity index (χ4n) is 3.39. The van der Waals surface area contributed by atoms with Gasteiger partial charge in [-0.25, -0.2) is 9.50 Å². The summed E-state index contributed by atoms with van der Waals surface area (Å²) in [7, 11) is 0. The Hall–Kier alpha value is -4.62.